The third-order valence-electron chi connectivity index (χ3n) is 11.2. The molecule has 1 fully saturated rings. The molecule has 0 aliphatic carbocycles. The fourth-order valence-corrected chi connectivity index (χ4v) is 8.09. The van der Waals surface area contributed by atoms with Crippen molar-refractivity contribution in [3.63, 3.8) is 0 Å². The quantitative estimate of drug-likeness (QED) is 0.171. The summed E-state index contributed by atoms with van der Waals surface area (Å²) in [4.78, 5) is 61.2. The van der Waals surface area contributed by atoms with Gasteiger partial charge in [0.2, 0.25) is 23.6 Å². The zero-order chi connectivity index (χ0) is 41.0. The first-order valence-corrected chi connectivity index (χ1v) is 19.7. The highest BCUT2D eigenvalue weighted by Gasteiger charge is 2.43. The predicted octanol–water partition coefficient (Wildman–Crippen LogP) is 3.25. The van der Waals surface area contributed by atoms with Crippen LogP contribution >= 0.6 is 0 Å². The van der Waals surface area contributed by atoms with Gasteiger partial charge in [-0.05, 0) is 50.3 Å². The van der Waals surface area contributed by atoms with Crippen LogP contribution in [-0.4, -0.2) is 137 Å². The van der Waals surface area contributed by atoms with Crippen LogP contribution in [0.2, 0.25) is 0 Å². The Morgan fingerprint density at radius 2 is 1.62 bits per heavy atom. The van der Waals surface area contributed by atoms with E-state index in [1.165, 1.54) is 0 Å². The lowest BCUT2D eigenvalue weighted by atomic mass is 9.89. The molecule has 1 aromatic heterocycles. The Morgan fingerprint density at radius 1 is 0.945 bits per heavy atom. The van der Waals surface area contributed by atoms with Gasteiger partial charge in [0.05, 0.1) is 48.7 Å². The zero-order valence-electron chi connectivity index (χ0n) is 35.1. The molecule has 0 bridgehead atoms. The molecule has 9 atom stereocenters. The largest absolute Gasteiger partial charge is 0.379 e. The van der Waals surface area contributed by atoms with Crippen molar-refractivity contribution in [2.75, 3.05) is 41.9 Å². The molecule has 55 heavy (non-hydrogen) atoms. The van der Waals surface area contributed by atoms with Gasteiger partial charge in [0, 0.05) is 34.2 Å². The number of aromatic nitrogens is 4. The van der Waals surface area contributed by atoms with Crippen LogP contribution < -0.4 is 10.6 Å². The number of methoxy groups -OCH3 is 2. The maximum absolute atomic E-state index is 14.3. The van der Waals surface area contributed by atoms with Crippen molar-refractivity contribution in [3.05, 3.63) is 41.7 Å². The third kappa shape index (κ3) is 11.8. The molecule has 0 spiro atoms. The zero-order valence-corrected chi connectivity index (χ0v) is 35.1. The number of nitrogens with zero attached hydrogens (tertiary/aromatic N) is 6. The summed E-state index contributed by atoms with van der Waals surface area (Å²) < 4.78 is 12.0. The molecule has 1 aromatic carbocycles. The summed E-state index contributed by atoms with van der Waals surface area (Å²) in [5.74, 6) is -1.20. The molecule has 1 aliphatic rings. The first-order valence-electron chi connectivity index (χ1n) is 19.7. The van der Waals surface area contributed by atoms with Gasteiger partial charge in [0.15, 0.2) is 5.82 Å². The van der Waals surface area contributed by atoms with E-state index in [2.05, 4.69) is 31.3 Å². The molecule has 2 heterocycles. The monoisotopic (exact) mass is 770 g/mol. The Hall–Kier alpha value is -3.95. The fourth-order valence-electron chi connectivity index (χ4n) is 8.09. The topological polar surface area (TPSA) is 175 Å². The summed E-state index contributed by atoms with van der Waals surface area (Å²) >= 11 is 0. The summed E-state index contributed by atoms with van der Waals surface area (Å²) in [7, 11) is 8.59. The van der Waals surface area contributed by atoms with Crippen LogP contribution in [0.1, 0.15) is 91.6 Å². The number of aromatic amines is 1. The summed E-state index contributed by atoms with van der Waals surface area (Å²) in [6.07, 6.45) is 1.46. The van der Waals surface area contributed by atoms with Gasteiger partial charge in [0.1, 0.15) is 6.04 Å². The Morgan fingerprint density at radius 3 is 2.15 bits per heavy atom. The predicted molar refractivity (Wildman–Crippen MR) is 210 cm³/mol. The van der Waals surface area contributed by atoms with Crippen LogP contribution in [0.5, 0.6) is 0 Å². The highest BCUT2D eigenvalue weighted by atomic mass is 16.5. The summed E-state index contributed by atoms with van der Waals surface area (Å²) in [5.41, 5.74) is 1.01. The number of benzene rings is 1. The van der Waals surface area contributed by atoms with E-state index in [0.29, 0.717) is 25.2 Å². The van der Waals surface area contributed by atoms with Crippen molar-refractivity contribution in [1.29, 1.82) is 0 Å². The normalized spacial score (nSPS) is 19.0. The lowest BCUT2D eigenvalue weighted by Gasteiger charge is -2.41. The fraction of sp³-hybridized carbons (Fsp3) is 0.725. The molecular weight excluding hydrogens is 702 g/mol. The summed E-state index contributed by atoms with van der Waals surface area (Å²) in [6, 6.07) is 7.28. The second-order valence-corrected chi connectivity index (χ2v) is 16.0. The molecule has 15 nitrogen and oxygen atoms in total. The second-order valence-electron chi connectivity index (χ2n) is 16.0. The van der Waals surface area contributed by atoms with Gasteiger partial charge in [-0.15, -0.1) is 10.2 Å². The van der Waals surface area contributed by atoms with E-state index in [0.717, 1.165) is 18.4 Å². The van der Waals surface area contributed by atoms with Crippen LogP contribution in [0.4, 0.5) is 0 Å². The van der Waals surface area contributed by atoms with Crippen molar-refractivity contribution in [3.8, 4) is 0 Å². The van der Waals surface area contributed by atoms with Crippen LogP contribution in [0.15, 0.2) is 30.3 Å². The Labute approximate surface area is 328 Å². The van der Waals surface area contributed by atoms with E-state index in [1.807, 2.05) is 103 Å². The van der Waals surface area contributed by atoms with Crippen molar-refractivity contribution < 1.29 is 28.7 Å². The second kappa shape index (κ2) is 21.4. The first-order chi connectivity index (χ1) is 26.1. The van der Waals surface area contributed by atoms with Crippen LogP contribution in [0.25, 0.3) is 0 Å². The summed E-state index contributed by atoms with van der Waals surface area (Å²) in [5, 5.41) is 20.6. The standard InChI is InChI=1S/C40H67N9O6/c1-13-26(6)35(48(10)40(53)33(24(2)3)42-39(52)34(25(4)5)47(8)9)31(54-11)23-32(50)49-21-17-20-30(49)36(55-12)27(7)38(51)41-29(37-43-45-46-44-37)22-28-18-15-14-16-19-28/h14-16,18-19,24-27,29-31,33-36H,13,17,20-23H2,1-12H3,(H,41,51)(H,42,52)(H,43,44,45,46)/t26-,27+,29-,30-,31+,33-,34-,35-,36+/m0/s1. The third-order valence-corrected chi connectivity index (χ3v) is 11.2. The highest BCUT2D eigenvalue weighted by molar-refractivity contribution is 5.90. The molecule has 3 N–H and O–H groups in total. The minimum atomic E-state index is -0.760. The molecule has 308 valence electrons. The molecule has 0 radical (unpaired) electrons. The smallest absolute Gasteiger partial charge is 0.245 e. The average Bonchev–Trinajstić information content (AvgIpc) is 3.87. The first kappa shape index (κ1) is 45.4. The summed E-state index contributed by atoms with van der Waals surface area (Å²) in [6.45, 7) is 14.2. The number of ether oxygens (including phenoxy) is 2. The SMILES string of the molecule is CC[C@H](C)[C@@H]([C@@H](CC(=O)N1CCC[C@H]1[C@H](OC)[C@@H](C)C(=O)N[C@@H](Cc1ccccc1)c1nn[nH]n1)OC)N(C)C(=O)[C@@H](NC(=O)[C@H](C(C)C)N(C)C)C(C)C. The molecule has 1 aliphatic heterocycles. The number of hydrogen-bond donors (Lipinski definition) is 3. The van der Waals surface area contributed by atoms with Gasteiger partial charge in [-0.3, -0.25) is 24.1 Å². The van der Waals surface area contributed by atoms with E-state index in [9.17, 15) is 19.2 Å². The molecule has 2 aromatic rings. The number of H-pyrrole nitrogens is 1. The molecule has 0 saturated carbocycles. The Bertz CT molecular complexity index is 1480. The highest BCUT2D eigenvalue weighted by Crippen LogP contribution is 2.30. The number of likely N-dealkylation sites (tertiary alicyclic amines) is 1. The van der Waals surface area contributed by atoms with E-state index in [1.54, 1.807) is 26.2 Å². The molecule has 0 unspecified atom stereocenters. The number of rotatable bonds is 21. The van der Waals surface area contributed by atoms with E-state index in [-0.39, 0.29) is 53.8 Å². The molecule has 15 heteroatoms. The van der Waals surface area contributed by atoms with Crippen molar-refractivity contribution >= 4 is 23.6 Å². The average molecular weight is 770 g/mol. The number of carbonyl (C=O) groups excluding carboxylic acids is 4. The van der Waals surface area contributed by atoms with Crippen molar-refractivity contribution in [1.82, 2.24) is 46.0 Å². The minimum Gasteiger partial charge on any atom is -0.379 e. The number of nitrogens with one attached hydrogen (secondary N) is 3. The Balaban J connectivity index is 1.79. The number of likely N-dealkylation sites (N-methyl/N-ethyl adjacent to an activating group) is 2. The number of hydrogen-bond acceptors (Lipinski definition) is 10. The lowest BCUT2D eigenvalue weighted by Crippen LogP contribution is -2.59. The molecule has 4 amide bonds. The van der Waals surface area contributed by atoms with Gasteiger partial charge < -0.3 is 29.9 Å². The van der Waals surface area contributed by atoms with Gasteiger partial charge in [-0.25, -0.2) is 0 Å². The van der Waals surface area contributed by atoms with E-state index >= 15 is 0 Å². The van der Waals surface area contributed by atoms with Gasteiger partial charge in [0.25, 0.3) is 0 Å². The molecule has 1 saturated heterocycles. The van der Waals surface area contributed by atoms with E-state index in [4.69, 9.17) is 9.47 Å². The maximum atomic E-state index is 14.3. The van der Waals surface area contributed by atoms with E-state index < -0.39 is 42.3 Å². The van der Waals surface area contributed by atoms with Crippen LogP contribution in [-0.2, 0) is 35.1 Å². The van der Waals surface area contributed by atoms with Gasteiger partial charge in [-0.1, -0.05) is 90.4 Å². The number of carbonyl (C=O) groups is 4. The molecule has 3 rings (SSSR count). The van der Waals surface area contributed by atoms with Crippen molar-refractivity contribution in [2.45, 2.75) is 123 Å². The van der Waals surface area contributed by atoms with Gasteiger partial charge in [-0.2, -0.15) is 5.21 Å². The Kier molecular flexibility index (Phi) is 17.7. The lowest BCUT2D eigenvalue weighted by molar-refractivity contribution is -0.148. The van der Waals surface area contributed by atoms with Crippen LogP contribution in [0.3, 0.4) is 0 Å². The van der Waals surface area contributed by atoms with Gasteiger partial charge >= 0.3 is 0 Å². The number of tetrazole rings is 1. The maximum Gasteiger partial charge on any atom is 0.245 e. The van der Waals surface area contributed by atoms with Crippen LogP contribution in [0, 0.1) is 23.7 Å². The molecular formula is C40H67N9O6. The minimum absolute atomic E-state index is 0.0201. The number of amides is 4. The van der Waals surface area contributed by atoms with Crippen molar-refractivity contribution in [2.24, 2.45) is 23.7 Å².